The van der Waals surface area contributed by atoms with E-state index in [9.17, 15) is 13.2 Å². The molecular weight excluding hydrogens is 338 g/mol. The number of anilines is 1. The Hall–Kier alpha value is -2.41. The fraction of sp³-hybridized carbons (Fsp3) is 0.333. The van der Waals surface area contributed by atoms with Crippen molar-refractivity contribution in [1.82, 2.24) is 10.3 Å². The summed E-state index contributed by atoms with van der Waals surface area (Å²) in [7, 11) is -3.02. The highest BCUT2D eigenvalue weighted by molar-refractivity contribution is 7.91. The topological polar surface area (TPSA) is 88.2 Å². The van der Waals surface area contributed by atoms with Gasteiger partial charge in [0.2, 0.25) is 0 Å². The van der Waals surface area contributed by atoms with Crippen LogP contribution in [0.15, 0.2) is 42.6 Å². The summed E-state index contributed by atoms with van der Waals surface area (Å²) in [6.07, 6.45) is 2.03. The first-order chi connectivity index (χ1) is 11.9. The zero-order chi connectivity index (χ0) is 17.9. The number of carbonyl (C=O) groups excluding carboxylic acids is 1. The molecule has 1 aromatic carbocycles. The average molecular weight is 359 g/mol. The third kappa shape index (κ3) is 4.79. The van der Waals surface area contributed by atoms with Crippen molar-refractivity contribution in [1.29, 1.82) is 0 Å². The molecule has 1 aromatic heterocycles. The third-order valence-corrected chi connectivity index (χ3v) is 5.95. The molecule has 0 spiro atoms. The molecule has 2 aromatic rings. The summed E-state index contributed by atoms with van der Waals surface area (Å²) in [4.78, 5) is 16.4. The molecule has 25 heavy (non-hydrogen) atoms. The van der Waals surface area contributed by atoms with Crippen molar-refractivity contribution >= 4 is 21.4 Å². The number of pyridine rings is 1. The van der Waals surface area contributed by atoms with Crippen LogP contribution in [-0.2, 0) is 16.4 Å². The number of hydrogen-bond donors (Lipinski definition) is 2. The summed E-state index contributed by atoms with van der Waals surface area (Å²) < 4.78 is 23.0. The van der Waals surface area contributed by atoms with Crippen LogP contribution in [0, 0.1) is 6.92 Å². The molecule has 1 atom stereocenters. The van der Waals surface area contributed by atoms with Gasteiger partial charge in [0, 0.05) is 24.5 Å². The summed E-state index contributed by atoms with van der Waals surface area (Å²) in [5.41, 5.74) is 3.42. The molecule has 1 unspecified atom stereocenters. The van der Waals surface area contributed by atoms with Gasteiger partial charge in [-0.3, -0.25) is 9.78 Å². The molecule has 1 fully saturated rings. The van der Waals surface area contributed by atoms with Gasteiger partial charge in [0.25, 0.3) is 5.91 Å². The third-order valence-electron chi connectivity index (χ3n) is 4.18. The molecule has 7 heteroatoms. The molecule has 1 saturated heterocycles. The van der Waals surface area contributed by atoms with Crippen LogP contribution < -0.4 is 10.6 Å². The number of hydrogen-bond acceptors (Lipinski definition) is 5. The summed E-state index contributed by atoms with van der Waals surface area (Å²) in [5.74, 6) is -0.214. The van der Waals surface area contributed by atoms with E-state index < -0.39 is 9.84 Å². The van der Waals surface area contributed by atoms with Crippen molar-refractivity contribution in [3.8, 4) is 0 Å². The van der Waals surface area contributed by atoms with Crippen LogP contribution in [0.3, 0.4) is 0 Å². The second kappa shape index (κ2) is 7.23. The molecule has 6 nitrogen and oxygen atoms in total. The number of benzene rings is 1. The van der Waals surface area contributed by atoms with Gasteiger partial charge >= 0.3 is 0 Å². The Bertz CT molecular complexity index is 863. The van der Waals surface area contributed by atoms with Crippen LogP contribution in [-0.4, -0.2) is 36.9 Å². The number of nitrogens with one attached hydrogen (secondary N) is 2. The second-order valence-corrected chi connectivity index (χ2v) is 8.57. The van der Waals surface area contributed by atoms with Crippen molar-refractivity contribution in [2.45, 2.75) is 25.9 Å². The van der Waals surface area contributed by atoms with E-state index in [4.69, 9.17) is 0 Å². The van der Waals surface area contributed by atoms with Gasteiger partial charge < -0.3 is 10.6 Å². The van der Waals surface area contributed by atoms with Gasteiger partial charge in [-0.25, -0.2) is 8.42 Å². The zero-order valence-electron chi connectivity index (χ0n) is 14.0. The molecule has 0 saturated carbocycles. The SMILES string of the molecule is Cc1ccc(CNc2ccnc(C(=O)NC3CCS(=O)(=O)C3)c2)cc1. The van der Waals surface area contributed by atoms with E-state index in [1.165, 1.54) is 5.56 Å². The molecule has 0 aliphatic carbocycles. The summed E-state index contributed by atoms with van der Waals surface area (Å²) >= 11 is 0. The van der Waals surface area contributed by atoms with Crippen LogP contribution in [0.2, 0.25) is 0 Å². The Morgan fingerprint density at radius 1 is 1.24 bits per heavy atom. The first-order valence-electron chi connectivity index (χ1n) is 8.18. The molecule has 1 aliphatic heterocycles. The zero-order valence-corrected chi connectivity index (χ0v) is 14.8. The largest absolute Gasteiger partial charge is 0.381 e. The van der Waals surface area contributed by atoms with E-state index >= 15 is 0 Å². The van der Waals surface area contributed by atoms with E-state index in [0.717, 1.165) is 11.3 Å². The fourth-order valence-corrected chi connectivity index (χ4v) is 4.42. The quantitative estimate of drug-likeness (QED) is 0.851. The molecule has 2 N–H and O–H groups in total. The van der Waals surface area contributed by atoms with Crippen molar-refractivity contribution < 1.29 is 13.2 Å². The normalized spacial score (nSPS) is 18.7. The Labute approximate surface area is 147 Å². The number of sulfone groups is 1. The molecule has 1 aliphatic rings. The fourth-order valence-electron chi connectivity index (χ4n) is 2.74. The molecule has 2 heterocycles. The minimum atomic E-state index is -3.02. The van der Waals surface area contributed by atoms with E-state index in [1.54, 1.807) is 18.3 Å². The monoisotopic (exact) mass is 359 g/mol. The molecule has 1 amide bonds. The van der Waals surface area contributed by atoms with Gasteiger partial charge in [-0.2, -0.15) is 0 Å². The van der Waals surface area contributed by atoms with Crippen molar-refractivity contribution in [3.63, 3.8) is 0 Å². The molecule has 3 rings (SSSR count). The summed E-state index contributed by atoms with van der Waals surface area (Å²) in [5, 5.41) is 6.02. The maximum absolute atomic E-state index is 12.3. The number of rotatable bonds is 5. The molecule has 0 bridgehead atoms. The lowest BCUT2D eigenvalue weighted by atomic mass is 10.1. The summed E-state index contributed by atoms with van der Waals surface area (Å²) in [6.45, 7) is 2.69. The number of amides is 1. The molecule has 132 valence electrons. The minimum Gasteiger partial charge on any atom is -0.381 e. The van der Waals surface area contributed by atoms with Crippen LogP contribution in [0.25, 0.3) is 0 Å². The highest BCUT2D eigenvalue weighted by atomic mass is 32.2. The number of nitrogens with zero attached hydrogens (tertiary/aromatic N) is 1. The van der Waals surface area contributed by atoms with Gasteiger partial charge in [0.1, 0.15) is 5.69 Å². The highest BCUT2D eigenvalue weighted by Crippen LogP contribution is 2.14. The lowest BCUT2D eigenvalue weighted by molar-refractivity contribution is 0.0936. The molecule has 0 radical (unpaired) electrons. The van der Waals surface area contributed by atoms with Crippen LogP contribution in [0.1, 0.15) is 28.0 Å². The predicted molar refractivity (Wildman–Crippen MR) is 97.3 cm³/mol. The van der Waals surface area contributed by atoms with Gasteiger partial charge in [-0.15, -0.1) is 0 Å². The van der Waals surface area contributed by atoms with Crippen molar-refractivity contribution in [2.24, 2.45) is 0 Å². The Morgan fingerprint density at radius 2 is 2.00 bits per heavy atom. The van der Waals surface area contributed by atoms with E-state index in [2.05, 4.69) is 39.9 Å². The number of carbonyl (C=O) groups is 1. The first kappa shape index (κ1) is 17.4. The standard InChI is InChI=1S/C18H21N3O3S/c1-13-2-4-14(5-3-13)11-20-15-6-8-19-17(10-15)18(22)21-16-7-9-25(23,24)12-16/h2-6,8,10,16H,7,9,11-12H2,1H3,(H,19,20)(H,21,22). The average Bonchev–Trinajstić information content (AvgIpc) is 2.93. The van der Waals surface area contributed by atoms with Crippen molar-refractivity contribution in [3.05, 3.63) is 59.4 Å². The Kier molecular flexibility index (Phi) is 5.03. The lowest BCUT2D eigenvalue weighted by Gasteiger charge is -2.11. The molecular formula is C18H21N3O3S. The van der Waals surface area contributed by atoms with Gasteiger partial charge in [-0.1, -0.05) is 29.8 Å². The smallest absolute Gasteiger partial charge is 0.270 e. The van der Waals surface area contributed by atoms with Gasteiger partial charge in [0.05, 0.1) is 11.5 Å². The second-order valence-electron chi connectivity index (χ2n) is 6.34. The maximum Gasteiger partial charge on any atom is 0.270 e. The van der Waals surface area contributed by atoms with Crippen LogP contribution in [0.5, 0.6) is 0 Å². The highest BCUT2D eigenvalue weighted by Gasteiger charge is 2.29. The van der Waals surface area contributed by atoms with Gasteiger partial charge in [-0.05, 0) is 31.0 Å². The van der Waals surface area contributed by atoms with Crippen LogP contribution in [0.4, 0.5) is 5.69 Å². The predicted octanol–water partition coefficient (Wildman–Crippen LogP) is 1.92. The summed E-state index contributed by atoms with van der Waals surface area (Å²) in [6, 6.07) is 11.4. The lowest BCUT2D eigenvalue weighted by Crippen LogP contribution is -2.36. The minimum absolute atomic E-state index is 0.00407. The van der Waals surface area contributed by atoms with Crippen molar-refractivity contribution in [2.75, 3.05) is 16.8 Å². The van der Waals surface area contributed by atoms with E-state index in [-0.39, 0.29) is 29.1 Å². The number of aromatic nitrogens is 1. The van der Waals surface area contributed by atoms with Crippen LogP contribution >= 0.6 is 0 Å². The maximum atomic E-state index is 12.3. The Morgan fingerprint density at radius 3 is 2.68 bits per heavy atom. The van der Waals surface area contributed by atoms with Gasteiger partial charge in [0.15, 0.2) is 9.84 Å². The van der Waals surface area contributed by atoms with E-state index in [0.29, 0.717) is 13.0 Å². The number of aryl methyl sites for hydroxylation is 1. The Balaban J connectivity index is 1.60. The first-order valence-corrected chi connectivity index (χ1v) is 10.0. The van der Waals surface area contributed by atoms with E-state index in [1.807, 2.05) is 6.92 Å².